The van der Waals surface area contributed by atoms with Crippen LogP contribution in [-0.4, -0.2) is 23.7 Å². The van der Waals surface area contributed by atoms with Crippen molar-refractivity contribution in [2.45, 2.75) is 33.2 Å². The van der Waals surface area contributed by atoms with E-state index in [2.05, 4.69) is 31.3 Å². The molecule has 164 valence electrons. The first-order valence-corrected chi connectivity index (χ1v) is 10.8. The highest BCUT2D eigenvalue weighted by molar-refractivity contribution is 5.90. The molecule has 0 amide bonds. The normalized spacial score (nSPS) is 16.5. The summed E-state index contributed by atoms with van der Waals surface area (Å²) < 4.78 is 5.15. The van der Waals surface area contributed by atoms with Crippen molar-refractivity contribution in [1.29, 1.82) is 0 Å². The van der Waals surface area contributed by atoms with Gasteiger partial charge in [0, 0.05) is 5.69 Å². The maximum atomic E-state index is 12.1. The molecular weight excluding hydrogens is 402 g/mol. The van der Waals surface area contributed by atoms with Crippen LogP contribution >= 0.6 is 0 Å². The van der Waals surface area contributed by atoms with Gasteiger partial charge in [0.1, 0.15) is 0 Å². The summed E-state index contributed by atoms with van der Waals surface area (Å²) >= 11 is 0. The van der Waals surface area contributed by atoms with Gasteiger partial charge in [0.15, 0.2) is 0 Å². The SMILES string of the molecule is CCOC(=O)c1ccc2c(c1)CC(C)(C)C(c1cccc(-c3ccc(C(=O)O)cc3)c1)N2. The Morgan fingerprint density at radius 2 is 1.72 bits per heavy atom. The number of nitrogens with one attached hydrogen (secondary N) is 1. The number of fused-ring (bicyclic) bond motifs is 1. The maximum Gasteiger partial charge on any atom is 0.338 e. The summed E-state index contributed by atoms with van der Waals surface area (Å²) in [6.45, 7) is 6.61. The Kier molecular flexibility index (Phi) is 5.74. The van der Waals surface area contributed by atoms with Crippen molar-refractivity contribution in [3.05, 3.63) is 89.0 Å². The zero-order valence-corrected chi connectivity index (χ0v) is 18.5. The van der Waals surface area contributed by atoms with Crippen LogP contribution in [0.2, 0.25) is 0 Å². The summed E-state index contributed by atoms with van der Waals surface area (Å²) in [6, 6.07) is 21.1. The molecule has 0 fully saturated rings. The minimum absolute atomic E-state index is 0.0849. The van der Waals surface area contributed by atoms with E-state index in [0.29, 0.717) is 12.2 Å². The van der Waals surface area contributed by atoms with Crippen LogP contribution in [0.3, 0.4) is 0 Å². The average Bonchev–Trinajstić information content (AvgIpc) is 2.78. The zero-order chi connectivity index (χ0) is 22.9. The van der Waals surface area contributed by atoms with Gasteiger partial charge in [-0.2, -0.15) is 0 Å². The third-order valence-electron chi connectivity index (χ3n) is 6.03. The molecule has 0 spiro atoms. The van der Waals surface area contributed by atoms with E-state index in [0.717, 1.165) is 34.4 Å². The van der Waals surface area contributed by atoms with Gasteiger partial charge in [-0.05, 0) is 77.4 Å². The molecule has 1 aliphatic heterocycles. The Morgan fingerprint density at radius 1 is 1.00 bits per heavy atom. The number of ether oxygens (including phenoxy) is 1. The molecule has 1 unspecified atom stereocenters. The molecule has 32 heavy (non-hydrogen) atoms. The molecule has 5 nitrogen and oxygen atoms in total. The van der Waals surface area contributed by atoms with E-state index in [1.807, 2.05) is 36.4 Å². The summed E-state index contributed by atoms with van der Waals surface area (Å²) in [5.41, 5.74) is 6.08. The summed E-state index contributed by atoms with van der Waals surface area (Å²) in [5, 5.41) is 12.8. The number of rotatable bonds is 5. The number of benzene rings is 3. The number of esters is 1. The summed E-state index contributed by atoms with van der Waals surface area (Å²) in [4.78, 5) is 23.3. The van der Waals surface area contributed by atoms with Crippen molar-refractivity contribution >= 4 is 17.6 Å². The van der Waals surface area contributed by atoms with Gasteiger partial charge in [-0.1, -0.05) is 44.2 Å². The van der Waals surface area contributed by atoms with E-state index in [-0.39, 0.29) is 23.0 Å². The van der Waals surface area contributed by atoms with Crippen molar-refractivity contribution in [3.63, 3.8) is 0 Å². The molecule has 1 heterocycles. The number of hydrogen-bond acceptors (Lipinski definition) is 4. The third-order valence-corrected chi connectivity index (χ3v) is 6.03. The number of anilines is 1. The van der Waals surface area contributed by atoms with Crippen LogP contribution in [0, 0.1) is 5.41 Å². The van der Waals surface area contributed by atoms with E-state index >= 15 is 0 Å². The van der Waals surface area contributed by atoms with Crippen LogP contribution in [0.25, 0.3) is 11.1 Å². The minimum Gasteiger partial charge on any atom is -0.478 e. The van der Waals surface area contributed by atoms with Crippen LogP contribution in [0.4, 0.5) is 5.69 Å². The van der Waals surface area contributed by atoms with E-state index in [9.17, 15) is 9.59 Å². The first-order chi connectivity index (χ1) is 15.3. The quantitative estimate of drug-likeness (QED) is 0.489. The second-order valence-electron chi connectivity index (χ2n) is 8.84. The molecule has 0 saturated carbocycles. The van der Waals surface area contributed by atoms with Gasteiger partial charge < -0.3 is 15.2 Å². The smallest absolute Gasteiger partial charge is 0.338 e. The fourth-order valence-electron chi connectivity index (χ4n) is 4.40. The van der Waals surface area contributed by atoms with Crippen LogP contribution in [0.1, 0.15) is 58.7 Å². The predicted octanol–water partition coefficient (Wildman–Crippen LogP) is 5.96. The average molecular weight is 430 g/mol. The monoisotopic (exact) mass is 429 g/mol. The van der Waals surface area contributed by atoms with Crippen LogP contribution in [-0.2, 0) is 11.2 Å². The van der Waals surface area contributed by atoms with Crippen LogP contribution in [0.5, 0.6) is 0 Å². The fraction of sp³-hybridized carbons (Fsp3) is 0.259. The Hall–Kier alpha value is -3.60. The second kappa shape index (κ2) is 8.50. The summed E-state index contributed by atoms with van der Waals surface area (Å²) in [5.74, 6) is -1.22. The molecule has 0 saturated heterocycles. The number of carbonyl (C=O) groups excluding carboxylic acids is 1. The molecule has 4 rings (SSSR count). The highest BCUT2D eigenvalue weighted by Crippen LogP contribution is 2.45. The number of hydrogen-bond donors (Lipinski definition) is 2. The van der Waals surface area contributed by atoms with Gasteiger partial charge in [0.25, 0.3) is 0 Å². The Bertz CT molecular complexity index is 1160. The topological polar surface area (TPSA) is 75.6 Å². The summed E-state index contributed by atoms with van der Waals surface area (Å²) in [6.07, 6.45) is 0.824. The summed E-state index contributed by atoms with van der Waals surface area (Å²) in [7, 11) is 0. The maximum absolute atomic E-state index is 12.1. The lowest BCUT2D eigenvalue weighted by atomic mass is 9.72. The molecule has 5 heteroatoms. The number of carboxylic acid groups (broad SMARTS) is 1. The molecule has 0 aliphatic carbocycles. The number of carboxylic acids is 1. The fourth-order valence-corrected chi connectivity index (χ4v) is 4.40. The highest BCUT2D eigenvalue weighted by Gasteiger charge is 2.36. The molecule has 0 radical (unpaired) electrons. The second-order valence-corrected chi connectivity index (χ2v) is 8.84. The minimum atomic E-state index is -0.928. The molecule has 2 N–H and O–H groups in total. The molecule has 1 atom stereocenters. The van der Waals surface area contributed by atoms with Gasteiger partial charge in [-0.15, -0.1) is 0 Å². The van der Waals surface area contributed by atoms with E-state index in [4.69, 9.17) is 9.84 Å². The molecule has 3 aromatic carbocycles. The molecule has 0 aromatic heterocycles. The van der Waals surface area contributed by atoms with Gasteiger partial charge in [0.2, 0.25) is 0 Å². The number of aromatic carboxylic acids is 1. The zero-order valence-electron chi connectivity index (χ0n) is 18.5. The Labute approximate surface area is 188 Å². The number of carbonyl (C=O) groups is 2. The standard InChI is InChI=1S/C27H27NO4/c1-4-32-26(31)21-12-13-23-22(15-21)16-27(2,3)24(28-23)20-7-5-6-19(14-20)17-8-10-18(11-9-17)25(29)30/h5-15,24,28H,4,16H2,1-3H3,(H,29,30). The van der Waals surface area contributed by atoms with Crippen molar-refractivity contribution in [2.75, 3.05) is 11.9 Å². The third kappa shape index (κ3) is 4.24. The van der Waals surface area contributed by atoms with E-state index < -0.39 is 5.97 Å². The lowest BCUT2D eigenvalue weighted by Crippen LogP contribution is -2.35. The first kappa shape index (κ1) is 21.6. The van der Waals surface area contributed by atoms with Gasteiger partial charge in [-0.25, -0.2) is 9.59 Å². The lowest BCUT2D eigenvalue weighted by molar-refractivity contribution is 0.0525. The Balaban J connectivity index is 1.64. The van der Waals surface area contributed by atoms with E-state index in [1.54, 1.807) is 25.1 Å². The van der Waals surface area contributed by atoms with Gasteiger partial charge in [-0.3, -0.25) is 0 Å². The van der Waals surface area contributed by atoms with Crippen LogP contribution < -0.4 is 5.32 Å². The van der Waals surface area contributed by atoms with Crippen molar-refractivity contribution in [2.24, 2.45) is 5.41 Å². The van der Waals surface area contributed by atoms with Crippen LogP contribution in [0.15, 0.2) is 66.7 Å². The molecule has 0 bridgehead atoms. The molecular formula is C27H27NO4. The van der Waals surface area contributed by atoms with Crippen molar-refractivity contribution < 1.29 is 19.4 Å². The van der Waals surface area contributed by atoms with E-state index in [1.165, 1.54) is 0 Å². The van der Waals surface area contributed by atoms with Gasteiger partial charge in [0.05, 0.1) is 23.8 Å². The first-order valence-electron chi connectivity index (χ1n) is 10.8. The highest BCUT2D eigenvalue weighted by atomic mass is 16.5. The molecule has 1 aliphatic rings. The largest absolute Gasteiger partial charge is 0.478 e. The predicted molar refractivity (Wildman–Crippen MR) is 125 cm³/mol. The lowest BCUT2D eigenvalue weighted by Gasteiger charge is -2.41. The Morgan fingerprint density at radius 3 is 2.41 bits per heavy atom. The van der Waals surface area contributed by atoms with Crippen molar-refractivity contribution in [1.82, 2.24) is 0 Å². The van der Waals surface area contributed by atoms with Gasteiger partial charge >= 0.3 is 11.9 Å². The molecule has 3 aromatic rings. The van der Waals surface area contributed by atoms with Crippen molar-refractivity contribution in [3.8, 4) is 11.1 Å².